The van der Waals surface area contributed by atoms with E-state index in [-0.39, 0.29) is 18.3 Å². The van der Waals surface area contributed by atoms with Crippen molar-refractivity contribution >= 4 is 36.0 Å². The summed E-state index contributed by atoms with van der Waals surface area (Å²) in [5.41, 5.74) is 3.50. The first-order valence-corrected chi connectivity index (χ1v) is 11.4. The first-order chi connectivity index (χ1) is 13.6. The summed E-state index contributed by atoms with van der Waals surface area (Å²) in [6.07, 6.45) is 12.6. The Bertz CT molecular complexity index is 761. The number of carbonyl (C=O) groups excluding carboxylic acids is 1. The van der Waals surface area contributed by atoms with Gasteiger partial charge in [-0.3, -0.25) is 4.79 Å². The molecule has 4 aliphatic carbocycles. The minimum absolute atomic E-state index is 0. The maximum absolute atomic E-state index is 13.0. The minimum Gasteiger partial charge on any atom is -0.351 e. The number of rotatable bonds is 4. The van der Waals surface area contributed by atoms with Crippen molar-refractivity contribution in [2.24, 2.45) is 23.2 Å². The van der Waals surface area contributed by atoms with Gasteiger partial charge in [0.15, 0.2) is 0 Å². The van der Waals surface area contributed by atoms with Crippen LogP contribution in [0.25, 0.3) is 6.08 Å². The summed E-state index contributed by atoms with van der Waals surface area (Å²) in [5.74, 6) is 2.72. The van der Waals surface area contributed by atoms with Crippen molar-refractivity contribution in [1.82, 2.24) is 10.6 Å². The normalized spacial score (nSPS) is 32.6. The molecule has 0 unspecified atom stereocenters. The van der Waals surface area contributed by atoms with Gasteiger partial charge < -0.3 is 10.6 Å². The SMILES string of the molecule is Cl.O=C(NCC12CC3CC(CC(C3)C1)C2)c1cc(C=C2CCNCC2)ccc1Cl. The van der Waals surface area contributed by atoms with Crippen molar-refractivity contribution in [2.75, 3.05) is 19.6 Å². The van der Waals surface area contributed by atoms with E-state index >= 15 is 0 Å². The van der Waals surface area contributed by atoms with Gasteiger partial charge in [0, 0.05) is 6.54 Å². The molecule has 1 aromatic carbocycles. The van der Waals surface area contributed by atoms with Crippen LogP contribution in [0, 0.1) is 23.2 Å². The lowest BCUT2D eigenvalue weighted by molar-refractivity contribution is -0.0503. The van der Waals surface area contributed by atoms with Gasteiger partial charge in [0.25, 0.3) is 5.91 Å². The number of hydrogen-bond acceptors (Lipinski definition) is 2. The van der Waals surface area contributed by atoms with Crippen LogP contribution in [0.5, 0.6) is 0 Å². The molecule has 5 fully saturated rings. The molecule has 1 aromatic rings. The van der Waals surface area contributed by atoms with E-state index in [2.05, 4.69) is 16.7 Å². The van der Waals surface area contributed by atoms with Gasteiger partial charge in [0.2, 0.25) is 0 Å². The summed E-state index contributed by atoms with van der Waals surface area (Å²) in [4.78, 5) is 13.0. The molecule has 0 radical (unpaired) electrons. The summed E-state index contributed by atoms with van der Waals surface area (Å²) in [7, 11) is 0. The second-order valence-corrected chi connectivity index (χ2v) is 10.3. The summed E-state index contributed by atoms with van der Waals surface area (Å²) >= 11 is 6.40. The van der Waals surface area contributed by atoms with Crippen molar-refractivity contribution in [3.05, 3.63) is 39.9 Å². The Hall–Kier alpha value is -1.03. The number of hydrogen-bond donors (Lipinski definition) is 2. The van der Waals surface area contributed by atoms with E-state index in [0.717, 1.165) is 55.8 Å². The van der Waals surface area contributed by atoms with Gasteiger partial charge in [-0.05, 0) is 105 Å². The molecule has 6 rings (SSSR count). The van der Waals surface area contributed by atoms with Gasteiger partial charge in [-0.1, -0.05) is 29.3 Å². The molecule has 5 aliphatic rings. The molecule has 1 aliphatic heterocycles. The van der Waals surface area contributed by atoms with Crippen molar-refractivity contribution in [1.29, 1.82) is 0 Å². The summed E-state index contributed by atoms with van der Waals surface area (Å²) in [6.45, 7) is 2.90. The molecule has 4 saturated carbocycles. The van der Waals surface area contributed by atoms with Crippen molar-refractivity contribution in [3.63, 3.8) is 0 Å². The van der Waals surface area contributed by atoms with Crippen LogP contribution in [0.15, 0.2) is 23.8 Å². The smallest absolute Gasteiger partial charge is 0.252 e. The van der Waals surface area contributed by atoms with Crippen LogP contribution in [0.4, 0.5) is 0 Å². The Labute approximate surface area is 185 Å². The van der Waals surface area contributed by atoms with Gasteiger partial charge >= 0.3 is 0 Å². The number of nitrogens with one attached hydrogen (secondary N) is 2. The second kappa shape index (κ2) is 8.61. The number of carbonyl (C=O) groups is 1. The molecule has 2 N–H and O–H groups in total. The lowest BCUT2D eigenvalue weighted by Gasteiger charge is -2.56. The number of benzene rings is 1. The van der Waals surface area contributed by atoms with E-state index in [9.17, 15) is 4.79 Å². The highest BCUT2D eigenvalue weighted by molar-refractivity contribution is 6.33. The standard InChI is InChI=1S/C24H31ClN2O.ClH/c25-22-2-1-17(7-16-3-5-26-6-4-16)11-21(22)23(28)27-15-24-12-18-8-19(13-24)10-20(9-18)14-24;/h1-2,7,11,18-20,26H,3-6,8-10,12-15H2,(H,27,28);1H. The molecule has 1 amide bonds. The molecule has 4 bridgehead atoms. The van der Waals surface area contributed by atoms with Crippen molar-refractivity contribution < 1.29 is 4.79 Å². The maximum atomic E-state index is 13.0. The molecule has 158 valence electrons. The molecular formula is C24H32Cl2N2O. The monoisotopic (exact) mass is 434 g/mol. The molecule has 3 nitrogen and oxygen atoms in total. The van der Waals surface area contributed by atoms with E-state index in [4.69, 9.17) is 11.6 Å². The van der Waals surface area contributed by atoms with Crippen LogP contribution in [0.2, 0.25) is 5.02 Å². The third kappa shape index (κ3) is 4.52. The topological polar surface area (TPSA) is 41.1 Å². The minimum atomic E-state index is -0.00805. The number of amides is 1. The quantitative estimate of drug-likeness (QED) is 0.658. The van der Waals surface area contributed by atoms with Crippen molar-refractivity contribution in [2.45, 2.75) is 51.4 Å². The van der Waals surface area contributed by atoms with Gasteiger partial charge in [-0.25, -0.2) is 0 Å². The largest absolute Gasteiger partial charge is 0.351 e. The number of piperidine rings is 1. The second-order valence-electron chi connectivity index (χ2n) is 9.89. The van der Waals surface area contributed by atoms with Crippen molar-refractivity contribution in [3.8, 4) is 0 Å². The van der Waals surface area contributed by atoms with Crippen LogP contribution in [0.3, 0.4) is 0 Å². The van der Waals surface area contributed by atoms with Gasteiger partial charge in [0.1, 0.15) is 0 Å². The Balaban J connectivity index is 0.00000205. The molecule has 5 heteroatoms. The van der Waals surface area contributed by atoms with E-state index in [1.165, 1.54) is 44.1 Å². The lowest BCUT2D eigenvalue weighted by atomic mass is 9.49. The van der Waals surface area contributed by atoms with Gasteiger partial charge in [0.05, 0.1) is 10.6 Å². The van der Waals surface area contributed by atoms with Crippen LogP contribution in [0.1, 0.15) is 67.3 Å². The summed E-state index contributed by atoms with van der Waals surface area (Å²) in [5, 5.41) is 7.21. The van der Waals surface area contributed by atoms with Gasteiger partial charge in [-0.15, -0.1) is 12.4 Å². The van der Waals surface area contributed by atoms with Gasteiger partial charge in [-0.2, -0.15) is 0 Å². The van der Waals surface area contributed by atoms with Crippen LogP contribution in [-0.4, -0.2) is 25.5 Å². The molecule has 0 atom stereocenters. The third-order valence-corrected chi connectivity index (χ3v) is 7.97. The fourth-order valence-electron chi connectivity index (χ4n) is 6.80. The van der Waals surface area contributed by atoms with Crippen LogP contribution >= 0.6 is 24.0 Å². The zero-order chi connectivity index (χ0) is 19.1. The zero-order valence-electron chi connectivity index (χ0n) is 17.0. The summed E-state index contributed by atoms with van der Waals surface area (Å²) in [6, 6.07) is 5.86. The van der Waals surface area contributed by atoms with E-state index in [1.807, 2.05) is 18.2 Å². The van der Waals surface area contributed by atoms with E-state index in [0.29, 0.717) is 16.0 Å². The first kappa shape index (κ1) is 21.2. The fraction of sp³-hybridized carbons (Fsp3) is 0.625. The maximum Gasteiger partial charge on any atom is 0.252 e. The van der Waals surface area contributed by atoms with E-state index < -0.39 is 0 Å². The predicted octanol–water partition coefficient (Wildman–Crippen LogP) is 5.47. The zero-order valence-corrected chi connectivity index (χ0v) is 18.6. The fourth-order valence-corrected chi connectivity index (χ4v) is 7.01. The lowest BCUT2D eigenvalue weighted by Crippen LogP contribution is -2.51. The first-order valence-electron chi connectivity index (χ1n) is 11.1. The summed E-state index contributed by atoms with van der Waals surface area (Å²) < 4.78 is 0. The number of halogens is 2. The molecule has 0 aromatic heterocycles. The molecule has 1 heterocycles. The average molecular weight is 435 g/mol. The Morgan fingerprint density at radius 3 is 2.34 bits per heavy atom. The molecule has 1 saturated heterocycles. The highest BCUT2D eigenvalue weighted by atomic mass is 35.5. The third-order valence-electron chi connectivity index (χ3n) is 7.64. The average Bonchev–Trinajstić information content (AvgIpc) is 2.67. The van der Waals surface area contributed by atoms with Crippen LogP contribution < -0.4 is 10.6 Å². The Morgan fingerprint density at radius 1 is 1.10 bits per heavy atom. The molecule has 0 spiro atoms. The molecular weight excluding hydrogens is 403 g/mol. The highest BCUT2D eigenvalue weighted by Gasteiger charge is 2.50. The predicted molar refractivity (Wildman–Crippen MR) is 122 cm³/mol. The Morgan fingerprint density at radius 2 is 1.72 bits per heavy atom. The van der Waals surface area contributed by atoms with Crippen LogP contribution in [-0.2, 0) is 0 Å². The molecule has 29 heavy (non-hydrogen) atoms. The van der Waals surface area contributed by atoms with E-state index in [1.54, 1.807) is 0 Å². The Kier molecular flexibility index (Phi) is 6.30. The highest BCUT2D eigenvalue weighted by Crippen LogP contribution is 2.59.